The molecule has 0 amide bonds. The highest BCUT2D eigenvalue weighted by molar-refractivity contribution is 6.38. The Morgan fingerprint density at radius 3 is 2.62 bits per heavy atom. The van der Waals surface area contributed by atoms with E-state index >= 15 is 0 Å². The van der Waals surface area contributed by atoms with Gasteiger partial charge >= 0.3 is 0 Å². The van der Waals surface area contributed by atoms with Gasteiger partial charge in [-0.05, 0) is 49.4 Å². The zero-order valence-corrected chi connectivity index (χ0v) is 12.3. The van der Waals surface area contributed by atoms with Crippen LogP contribution in [0.2, 0.25) is 5.02 Å². The Bertz CT molecular complexity index is 652. The molecule has 0 aromatic heterocycles. The van der Waals surface area contributed by atoms with Crippen LogP contribution in [0.5, 0.6) is 5.75 Å². The van der Waals surface area contributed by atoms with Gasteiger partial charge in [-0.25, -0.2) is 0 Å². The summed E-state index contributed by atoms with van der Waals surface area (Å²) in [6, 6.07) is 14.4. The number of benzene rings is 2. The van der Waals surface area contributed by atoms with Crippen molar-refractivity contribution >= 4 is 29.2 Å². The molecule has 2 rings (SSSR count). The number of oxime groups is 1. The van der Waals surface area contributed by atoms with Gasteiger partial charge in [-0.15, -0.1) is 0 Å². The van der Waals surface area contributed by atoms with E-state index in [1.807, 2.05) is 43.3 Å². The molecular formula is C16H15ClN2O2. The van der Waals surface area contributed by atoms with Crippen molar-refractivity contribution in [3.05, 3.63) is 59.1 Å². The number of nitrogens with zero attached hydrogens (tertiary/aromatic N) is 2. The van der Waals surface area contributed by atoms with Crippen LogP contribution in [0, 0.1) is 0 Å². The number of hydrogen-bond acceptors (Lipinski definition) is 4. The van der Waals surface area contributed by atoms with E-state index in [9.17, 15) is 0 Å². The minimum atomic E-state index is 0.359. The second-order valence-corrected chi connectivity index (χ2v) is 4.62. The minimum absolute atomic E-state index is 0.359. The summed E-state index contributed by atoms with van der Waals surface area (Å²) < 4.78 is 5.37. The highest BCUT2D eigenvalue weighted by Gasteiger charge is 2.02. The lowest BCUT2D eigenvalue weighted by molar-refractivity contribution is 0.320. The Kier molecular flexibility index (Phi) is 5.35. The zero-order valence-electron chi connectivity index (χ0n) is 11.5. The summed E-state index contributed by atoms with van der Waals surface area (Å²) in [5.74, 6) is 0.769. The summed E-state index contributed by atoms with van der Waals surface area (Å²) in [6.45, 7) is 2.53. The zero-order chi connectivity index (χ0) is 15.1. The molecule has 0 aliphatic carbocycles. The van der Waals surface area contributed by atoms with Gasteiger partial charge in [0.1, 0.15) is 11.5 Å². The van der Waals surface area contributed by atoms with Gasteiger partial charge in [0.05, 0.1) is 18.5 Å². The van der Waals surface area contributed by atoms with Crippen LogP contribution >= 0.6 is 11.6 Å². The highest BCUT2D eigenvalue weighted by Crippen LogP contribution is 2.18. The number of ether oxygens (including phenoxy) is 1. The predicted molar refractivity (Wildman–Crippen MR) is 85.5 cm³/mol. The maximum absolute atomic E-state index is 9.12. The van der Waals surface area contributed by atoms with Crippen LogP contribution < -0.4 is 4.74 Å². The first-order chi connectivity index (χ1) is 10.2. The maximum atomic E-state index is 9.12. The van der Waals surface area contributed by atoms with Crippen molar-refractivity contribution in [3.63, 3.8) is 0 Å². The lowest BCUT2D eigenvalue weighted by Crippen LogP contribution is -2.02. The molecule has 0 aliphatic heterocycles. The Hall–Kier alpha value is -2.33. The second-order valence-electron chi connectivity index (χ2n) is 4.18. The molecule has 0 radical (unpaired) electrons. The number of aliphatic imine (C=N–C) groups is 1. The molecule has 1 N–H and O–H groups in total. The van der Waals surface area contributed by atoms with Crippen molar-refractivity contribution in [1.29, 1.82) is 0 Å². The molecule has 2 aromatic rings. The standard InChI is InChI=1S/C16H15ClN2O2/c1-2-21-15-8-6-12(7-9-15)16(19-20)11-18-14-5-3-4-13(17)10-14/h3-11,20H,2H2,1H3/b18-11?,19-16+. The number of halogens is 1. The van der Waals surface area contributed by atoms with Crippen molar-refractivity contribution in [2.75, 3.05) is 6.61 Å². The van der Waals surface area contributed by atoms with E-state index in [2.05, 4.69) is 10.1 Å². The molecule has 0 saturated carbocycles. The van der Waals surface area contributed by atoms with E-state index in [0.29, 0.717) is 23.0 Å². The topological polar surface area (TPSA) is 54.2 Å². The third-order valence-corrected chi connectivity index (χ3v) is 2.95. The second kappa shape index (κ2) is 7.45. The fourth-order valence-electron chi connectivity index (χ4n) is 1.74. The smallest absolute Gasteiger partial charge is 0.128 e. The summed E-state index contributed by atoms with van der Waals surface area (Å²) in [4.78, 5) is 4.24. The molecule has 0 saturated heterocycles. The summed E-state index contributed by atoms with van der Waals surface area (Å²) in [5, 5.41) is 13.0. The number of hydrogen-bond donors (Lipinski definition) is 1. The van der Waals surface area contributed by atoms with Crippen LogP contribution in [0.1, 0.15) is 12.5 Å². The van der Waals surface area contributed by atoms with E-state index < -0.39 is 0 Å². The summed E-state index contributed by atoms with van der Waals surface area (Å²) in [5.41, 5.74) is 1.79. The van der Waals surface area contributed by atoms with Crippen LogP contribution in [0.15, 0.2) is 58.7 Å². The third-order valence-electron chi connectivity index (χ3n) is 2.71. The molecule has 21 heavy (non-hydrogen) atoms. The molecule has 0 aliphatic rings. The fraction of sp³-hybridized carbons (Fsp3) is 0.125. The monoisotopic (exact) mass is 302 g/mol. The Balaban J connectivity index is 2.16. The average Bonchev–Trinajstić information content (AvgIpc) is 2.50. The molecule has 2 aromatic carbocycles. The normalized spacial score (nSPS) is 11.8. The van der Waals surface area contributed by atoms with Crippen molar-refractivity contribution < 1.29 is 9.94 Å². The van der Waals surface area contributed by atoms with Crippen LogP contribution in [-0.2, 0) is 0 Å². The van der Waals surface area contributed by atoms with Crippen LogP contribution in [0.25, 0.3) is 0 Å². The molecule has 0 atom stereocenters. The van der Waals surface area contributed by atoms with Gasteiger partial charge < -0.3 is 9.94 Å². The van der Waals surface area contributed by atoms with Crippen LogP contribution in [0.3, 0.4) is 0 Å². The van der Waals surface area contributed by atoms with Crippen LogP contribution in [-0.4, -0.2) is 23.7 Å². The summed E-state index contributed by atoms with van der Waals surface area (Å²) in [6.07, 6.45) is 1.49. The van der Waals surface area contributed by atoms with E-state index in [4.69, 9.17) is 21.5 Å². The Morgan fingerprint density at radius 1 is 1.24 bits per heavy atom. The molecule has 0 spiro atoms. The van der Waals surface area contributed by atoms with E-state index in [1.54, 1.807) is 12.1 Å². The van der Waals surface area contributed by atoms with Gasteiger partial charge in [-0.3, -0.25) is 4.99 Å². The summed E-state index contributed by atoms with van der Waals surface area (Å²) in [7, 11) is 0. The van der Waals surface area contributed by atoms with Crippen molar-refractivity contribution in [1.82, 2.24) is 0 Å². The van der Waals surface area contributed by atoms with Crippen molar-refractivity contribution in [2.24, 2.45) is 10.1 Å². The SMILES string of the molecule is CCOc1ccc(/C(C=Nc2cccc(Cl)c2)=N/O)cc1. The first-order valence-electron chi connectivity index (χ1n) is 6.48. The highest BCUT2D eigenvalue weighted by atomic mass is 35.5. The van der Waals surface area contributed by atoms with E-state index in [-0.39, 0.29) is 0 Å². The van der Waals surface area contributed by atoms with Gasteiger partial charge in [0, 0.05) is 10.6 Å². The lowest BCUT2D eigenvalue weighted by atomic mass is 10.1. The quantitative estimate of drug-likeness (QED) is 0.508. The van der Waals surface area contributed by atoms with Gasteiger partial charge in [-0.2, -0.15) is 0 Å². The van der Waals surface area contributed by atoms with Gasteiger partial charge in [-0.1, -0.05) is 22.8 Å². The lowest BCUT2D eigenvalue weighted by Gasteiger charge is -2.04. The van der Waals surface area contributed by atoms with Crippen LogP contribution in [0.4, 0.5) is 5.69 Å². The Labute approximate surface area is 128 Å². The molecule has 0 heterocycles. The molecule has 0 fully saturated rings. The van der Waals surface area contributed by atoms with Gasteiger partial charge in [0.25, 0.3) is 0 Å². The first-order valence-corrected chi connectivity index (χ1v) is 6.85. The molecule has 5 heteroatoms. The fourth-order valence-corrected chi connectivity index (χ4v) is 1.92. The molecular weight excluding hydrogens is 288 g/mol. The molecule has 0 unspecified atom stereocenters. The molecule has 4 nitrogen and oxygen atoms in total. The average molecular weight is 303 g/mol. The van der Waals surface area contributed by atoms with Gasteiger partial charge in [0.15, 0.2) is 0 Å². The minimum Gasteiger partial charge on any atom is -0.494 e. The largest absolute Gasteiger partial charge is 0.494 e. The third kappa shape index (κ3) is 4.33. The van der Waals surface area contributed by atoms with E-state index in [1.165, 1.54) is 6.21 Å². The van der Waals surface area contributed by atoms with E-state index in [0.717, 1.165) is 11.3 Å². The Morgan fingerprint density at radius 2 is 2.00 bits per heavy atom. The van der Waals surface area contributed by atoms with Crippen molar-refractivity contribution in [2.45, 2.75) is 6.92 Å². The maximum Gasteiger partial charge on any atom is 0.128 e. The number of rotatable bonds is 5. The first kappa shape index (κ1) is 15.1. The summed E-state index contributed by atoms with van der Waals surface area (Å²) >= 11 is 5.89. The molecule has 0 bridgehead atoms. The molecule has 108 valence electrons. The van der Waals surface area contributed by atoms with Gasteiger partial charge in [0.2, 0.25) is 0 Å². The van der Waals surface area contributed by atoms with Crippen molar-refractivity contribution in [3.8, 4) is 5.75 Å². The predicted octanol–water partition coefficient (Wildman–Crippen LogP) is 4.32.